The number of nitrogens with zero attached hydrogens (tertiary/aromatic N) is 4. The standard InChI is InChI=1S/C19H21N5O2/c1-13-3-5-15(6-4-13)16-22-17(26-23-16)14(2)21-18(25)19(7-8-19)11-24-10-9-20-12-24/h3-6,9-10,12,14H,7-8,11H2,1-2H3,(H,21,25)/t14-/m0/s1. The van der Waals surface area contributed by atoms with E-state index in [1.54, 1.807) is 12.5 Å². The Morgan fingerprint density at radius 2 is 2.12 bits per heavy atom. The van der Waals surface area contributed by atoms with Crippen molar-refractivity contribution < 1.29 is 9.32 Å². The lowest BCUT2D eigenvalue weighted by Gasteiger charge is -2.18. The lowest BCUT2D eigenvalue weighted by atomic mass is 10.1. The number of aryl methyl sites for hydroxylation is 1. The Balaban J connectivity index is 1.43. The van der Waals surface area contributed by atoms with Gasteiger partial charge in [0.1, 0.15) is 6.04 Å². The predicted octanol–water partition coefficient (Wildman–Crippen LogP) is 2.90. The van der Waals surface area contributed by atoms with Crippen molar-refractivity contribution in [2.45, 2.75) is 39.3 Å². The molecule has 1 fully saturated rings. The van der Waals surface area contributed by atoms with E-state index in [1.807, 2.05) is 48.9 Å². The van der Waals surface area contributed by atoms with Crippen molar-refractivity contribution in [2.75, 3.05) is 0 Å². The highest BCUT2D eigenvalue weighted by atomic mass is 16.5. The fourth-order valence-corrected chi connectivity index (χ4v) is 2.98. The quantitative estimate of drug-likeness (QED) is 0.738. The Bertz CT molecular complexity index is 894. The second-order valence-electron chi connectivity index (χ2n) is 7.03. The van der Waals surface area contributed by atoms with Crippen molar-refractivity contribution in [3.05, 3.63) is 54.4 Å². The first kappa shape index (κ1) is 16.5. The molecule has 1 amide bonds. The monoisotopic (exact) mass is 351 g/mol. The first-order valence-electron chi connectivity index (χ1n) is 8.73. The molecular weight excluding hydrogens is 330 g/mol. The van der Waals surface area contributed by atoms with Gasteiger partial charge in [0, 0.05) is 24.5 Å². The lowest BCUT2D eigenvalue weighted by Crippen LogP contribution is -2.36. The molecule has 0 bridgehead atoms. The van der Waals surface area contributed by atoms with Gasteiger partial charge in [-0.3, -0.25) is 4.79 Å². The van der Waals surface area contributed by atoms with Gasteiger partial charge in [-0.05, 0) is 26.7 Å². The molecule has 2 heterocycles. The minimum atomic E-state index is -0.352. The van der Waals surface area contributed by atoms with Crippen LogP contribution in [-0.4, -0.2) is 25.6 Å². The third-order valence-electron chi connectivity index (χ3n) is 4.85. The number of amides is 1. The predicted molar refractivity (Wildman–Crippen MR) is 94.9 cm³/mol. The number of aromatic nitrogens is 4. The van der Waals surface area contributed by atoms with E-state index in [1.165, 1.54) is 5.56 Å². The van der Waals surface area contributed by atoms with Gasteiger partial charge in [0.2, 0.25) is 17.6 Å². The van der Waals surface area contributed by atoms with Gasteiger partial charge in [-0.2, -0.15) is 4.98 Å². The first-order chi connectivity index (χ1) is 12.6. The van der Waals surface area contributed by atoms with Gasteiger partial charge in [0.05, 0.1) is 11.7 Å². The molecule has 134 valence electrons. The topological polar surface area (TPSA) is 85.8 Å². The van der Waals surface area contributed by atoms with Crippen LogP contribution in [0.4, 0.5) is 0 Å². The van der Waals surface area contributed by atoms with Crippen molar-refractivity contribution in [1.82, 2.24) is 25.0 Å². The largest absolute Gasteiger partial charge is 0.344 e. The summed E-state index contributed by atoms with van der Waals surface area (Å²) < 4.78 is 7.30. The maximum absolute atomic E-state index is 12.7. The van der Waals surface area contributed by atoms with E-state index in [0.717, 1.165) is 18.4 Å². The van der Waals surface area contributed by atoms with E-state index < -0.39 is 0 Å². The van der Waals surface area contributed by atoms with Crippen LogP contribution in [0.3, 0.4) is 0 Å². The van der Waals surface area contributed by atoms with Crippen LogP contribution in [0.15, 0.2) is 47.5 Å². The minimum absolute atomic E-state index is 0.0220. The number of imidazole rings is 1. The summed E-state index contributed by atoms with van der Waals surface area (Å²) in [5, 5.41) is 7.05. The highest BCUT2D eigenvalue weighted by Gasteiger charge is 2.50. The number of carbonyl (C=O) groups excluding carboxylic acids is 1. The second-order valence-corrected chi connectivity index (χ2v) is 7.03. The Morgan fingerprint density at radius 1 is 1.35 bits per heavy atom. The van der Waals surface area contributed by atoms with Gasteiger partial charge in [0.25, 0.3) is 0 Å². The van der Waals surface area contributed by atoms with Crippen molar-refractivity contribution in [2.24, 2.45) is 5.41 Å². The van der Waals surface area contributed by atoms with E-state index in [0.29, 0.717) is 18.3 Å². The first-order valence-corrected chi connectivity index (χ1v) is 8.73. The zero-order chi connectivity index (χ0) is 18.1. The number of hydrogen-bond acceptors (Lipinski definition) is 5. The minimum Gasteiger partial charge on any atom is -0.344 e. The van der Waals surface area contributed by atoms with Gasteiger partial charge in [-0.25, -0.2) is 4.98 Å². The highest BCUT2D eigenvalue weighted by Crippen LogP contribution is 2.47. The molecule has 4 rings (SSSR count). The molecule has 1 aromatic carbocycles. The number of carbonyl (C=O) groups is 1. The molecule has 1 aliphatic carbocycles. The van der Waals surface area contributed by atoms with Crippen LogP contribution >= 0.6 is 0 Å². The molecule has 3 aromatic rings. The third kappa shape index (κ3) is 3.24. The molecule has 1 atom stereocenters. The van der Waals surface area contributed by atoms with Crippen molar-refractivity contribution in [1.29, 1.82) is 0 Å². The second kappa shape index (κ2) is 6.40. The Hall–Kier alpha value is -2.96. The van der Waals surface area contributed by atoms with Gasteiger partial charge < -0.3 is 14.4 Å². The molecule has 1 saturated carbocycles. The molecule has 26 heavy (non-hydrogen) atoms. The molecule has 1 aliphatic rings. The van der Waals surface area contributed by atoms with E-state index in [4.69, 9.17) is 4.52 Å². The van der Waals surface area contributed by atoms with Gasteiger partial charge in [0.15, 0.2) is 0 Å². The van der Waals surface area contributed by atoms with E-state index in [9.17, 15) is 4.79 Å². The maximum Gasteiger partial charge on any atom is 0.249 e. The average molecular weight is 351 g/mol. The Kier molecular flexibility index (Phi) is 4.06. The summed E-state index contributed by atoms with van der Waals surface area (Å²) in [6, 6.07) is 7.58. The van der Waals surface area contributed by atoms with Gasteiger partial charge in [-0.15, -0.1) is 0 Å². The van der Waals surface area contributed by atoms with E-state index in [2.05, 4.69) is 20.4 Å². The molecule has 0 saturated heterocycles. The van der Waals surface area contributed by atoms with Gasteiger partial charge >= 0.3 is 0 Å². The molecule has 1 N–H and O–H groups in total. The number of nitrogens with one attached hydrogen (secondary N) is 1. The van der Waals surface area contributed by atoms with Gasteiger partial charge in [-0.1, -0.05) is 35.0 Å². The van der Waals surface area contributed by atoms with Crippen molar-refractivity contribution in [3.8, 4) is 11.4 Å². The number of hydrogen-bond donors (Lipinski definition) is 1. The summed E-state index contributed by atoms with van der Waals surface area (Å²) in [5.41, 5.74) is 1.71. The fraction of sp³-hybridized carbons (Fsp3) is 0.368. The summed E-state index contributed by atoms with van der Waals surface area (Å²) in [7, 11) is 0. The molecule has 0 unspecified atom stereocenters. The molecule has 2 aromatic heterocycles. The van der Waals surface area contributed by atoms with Crippen LogP contribution in [0.25, 0.3) is 11.4 Å². The van der Waals surface area contributed by atoms with Crippen LogP contribution in [-0.2, 0) is 11.3 Å². The summed E-state index contributed by atoms with van der Waals surface area (Å²) in [6.45, 7) is 4.53. The van der Waals surface area contributed by atoms with Crippen LogP contribution < -0.4 is 5.32 Å². The molecule has 0 spiro atoms. The third-order valence-corrected chi connectivity index (χ3v) is 4.85. The van der Waals surface area contributed by atoms with Crippen LogP contribution in [0.1, 0.15) is 37.3 Å². The fourth-order valence-electron chi connectivity index (χ4n) is 2.98. The SMILES string of the molecule is Cc1ccc(-c2noc([C@H](C)NC(=O)C3(Cn4ccnc4)CC3)n2)cc1. The summed E-state index contributed by atoms with van der Waals surface area (Å²) in [5.74, 6) is 0.960. The lowest BCUT2D eigenvalue weighted by molar-refractivity contribution is -0.127. The average Bonchev–Trinajstić information content (AvgIpc) is 3.02. The highest BCUT2D eigenvalue weighted by molar-refractivity contribution is 5.85. The normalized spacial score (nSPS) is 16.2. The maximum atomic E-state index is 12.7. The molecule has 7 heteroatoms. The summed E-state index contributed by atoms with van der Waals surface area (Å²) in [6.07, 6.45) is 7.09. The van der Waals surface area contributed by atoms with Crippen LogP contribution in [0, 0.1) is 12.3 Å². The molecule has 0 radical (unpaired) electrons. The molecule has 7 nitrogen and oxygen atoms in total. The number of rotatable bonds is 6. The zero-order valence-electron chi connectivity index (χ0n) is 14.8. The summed E-state index contributed by atoms with van der Waals surface area (Å²) in [4.78, 5) is 21.2. The summed E-state index contributed by atoms with van der Waals surface area (Å²) >= 11 is 0. The van der Waals surface area contributed by atoms with Crippen LogP contribution in [0.5, 0.6) is 0 Å². The molecular formula is C19H21N5O2. The zero-order valence-corrected chi connectivity index (χ0v) is 14.8. The number of benzene rings is 1. The van der Waals surface area contributed by atoms with Crippen LogP contribution in [0.2, 0.25) is 0 Å². The van der Waals surface area contributed by atoms with E-state index in [-0.39, 0.29) is 17.4 Å². The molecule has 0 aliphatic heterocycles. The Labute approximate surface area is 151 Å². The Morgan fingerprint density at radius 3 is 2.77 bits per heavy atom. The van der Waals surface area contributed by atoms with E-state index >= 15 is 0 Å². The van der Waals surface area contributed by atoms with Crippen molar-refractivity contribution >= 4 is 5.91 Å². The van der Waals surface area contributed by atoms with Crippen molar-refractivity contribution in [3.63, 3.8) is 0 Å². The smallest absolute Gasteiger partial charge is 0.249 e.